The Bertz CT molecular complexity index is 974. The van der Waals surface area contributed by atoms with Crippen molar-refractivity contribution in [1.29, 1.82) is 0 Å². The van der Waals surface area contributed by atoms with E-state index in [-0.39, 0.29) is 19.1 Å². The molecule has 3 aromatic rings. The molecule has 2 amide bonds. The zero-order chi connectivity index (χ0) is 20.1. The Morgan fingerprint density at radius 2 is 1.72 bits per heavy atom. The van der Waals surface area contributed by atoms with E-state index in [0.29, 0.717) is 25.2 Å². The summed E-state index contributed by atoms with van der Waals surface area (Å²) in [7, 11) is 0. The van der Waals surface area contributed by atoms with Crippen molar-refractivity contribution in [3.63, 3.8) is 0 Å². The largest absolute Gasteiger partial charge is 0.443 e. The molecule has 8 heteroatoms. The molecule has 3 heterocycles. The first-order chi connectivity index (χ1) is 14.2. The monoisotopic (exact) mass is 391 g/mol. The second-order valence-electron chi connectivity index (χ2n) is 6.65. The van der Waals surface area contributed by atoms with Crippen molar-refractivity contribution >= 4 is 12.0 Å². The first kappa shape index (κ1) is 18.7. The van der Waals surface area contributed by atoms with Gasteiger partial charge in [0.25, 0.3) is 5.91 Å². The van der Waals surface area contributed by atoms with Crippen molar-refractivity contribution in [1.82, 2.24) is 24.8 Å². The first-order valence-corrected chi connectivity index (χ1v) is 9.44. The van der Waals surface area contributed by atoms with Crippen LogP contribution in [0.5, 0.6) is 0 Å². The predicted octanol–water partition coefficient (Wildman–Crippen LogP) is 2.73. The van der Waals surface area contributed by atoms with E-state index >= 15 is 0 Å². The van der Waals surface area contributed by atoms with Crippen LogP contribution in [0.1, 0.15) is 12.0 Å². The van der Waals surface area contributed by atoms with Crippen LogP contribution in [0.3, 0.4) is 0 Å². The zero-order valence-corrected chi connectivity index (χ0v) is 15.8. The zero-order valence-electron chi connectivity index (χ0n) is 15.8. The number of pyridine rings is 1. The highest BCUT2D eigenvalue weighted by Crippen LogP contribution is 2.16. The van der Waals surface area contributed by atoms with Gasteiger partial charge >= 0.3 is 6.09 Å². The third kappa shape index (κ3) is 4.43. The molecule has 0 unspecified atom stereocenters. The van der Waals surface area contributed by atoms with Gasteiger partial charge in [0.15, 0.2) is 0 Å². The smallest absolute Gasteiger partial charge is 0.429 e. The third-order valence-electron chi connectivity index (χ3n) is 4.60. The molecule has 2 aromatic heterocycles. The number of carbonyl (C=O) groups is 2. The summed E-state index contributed by atoms with van der Waals surface area (Å²) in [6.45, 7) is 1.14. The van der Waals surface area contributed by atoms with Gasteiger partial charge in [-0.3, -0.25) is 14.5 Å². The van der Waals surface area contributed by atoms with Crippen LogP contribution in [-0.2, 0) is 22.7 Å². The number of aromatic nitrogens is 3. The maximum atomic E-state index is 12.7. The molecule has 0 aliphatic carbocycles. The highest BCUT2D eigenvalue weighted by Gasteiger charge is 2.32. The van der Waals surface area contributed by atoms with Crippen LogP contribution in [0.4, 0.5) is 4.79 Å². The number of hydrogen-bond acceptors (Lipinski definition) is 5. The average Bonchev–Trinajstić information content (AvgIpc) is 3.43. The molecular formula is C21H21N5O3. The highest BCUT2D eigenvalue weighted by atomic mass is 16.6. The number of carbonyl (C=O) groups excluding carboxylic acids is 2. The van der Waals surface area contributed by atoms with Crippen molar-refractivity contribution in [2.24, 2.45) is 0 Å². The molecule has 1 saturated heterocycles. The van der Waals surface area contributed by atoms with Crippen molar-refractivity contribution in [2.75, 3.05) is 13.1 Å². The van der Waals surface area contributed by atoms with E-state index in [1.54, 1.807) is 17.1 Å². The van der Waals surface area contributed by atoms with E-state index in [2.05, 4.69) is 10.1 Å². The Kier molecular flexibility index (Phi) is 5.51. The fourth-order valence-corrected chi connectivity index (χ4v) is 3.18. The molecule has 0 bridgehead atoms. The molecule has 0 N–H and O–H groups in total. The minimum atomic E-state index is -0.519. The van der Waals surface area contributed by atoms with Crippen molar-refractivity contribution in [2.45, 2.75) is 19.6 Å². The lowest BCUT2D eigenvalue weighted by atomic mass is 10.2. The third-order valence-corrected chi connectivity index (χ3v) is 4.60. The van der Waals surface area contributed by atoms with Crippen LogP contribution < -0.4 is 0 Å². The van der Waals surface area contributed by atoms with E-state index in [1.807, 2.05) is 54.6 Å². The van der Waals surface area contributed by atoms with Crippen LogP contribution in [-0.4, -0.2) is 49.9 Å². The molecule has 1 aliphatic heterocycles. The van der Waals surface area contributed by atoms with Gasteiger partial charge in [-0.15, -0.1) is 0 Å². The quantitative estimate of drug-likeness (QED) is 0.668. The van der Waals surface area contributed by atoms with E-state index in [4.69, 9.17) is 4.74 Å². The standard InChI is InChI=1S/C21H21N5O3/c27-20(15-24-14-10-19(23-24)18-9-4-5-11-22-18)25-12-6-13-26(25)21(28)29-16-17-7-2-1-3-8-17/h1-5,7-11,14H,6,12-13,15-16H2. The van der Waals surface area contributed by atoms with E-state index in [1.165, 1.54) is 10.0 Å². The lowest BCUT2D eigenvalue weighted by molar-refractivity contribution is -0.142. The summed E-state index contributed by atoms with van der Waals surface area (Å²) in [4.78, 5) is 29.5. The van der Waals surface area contributed by atoms with Gasteiger partial charge in [0.05, 0.1) is 5.69 Å². The molecule has 0 saturated carbocycles. The van der Waals surface area contributed by atoms with Crippen LogP contribution in [0.25, 0.3) is 11.4 Å². The molecule has 8 nitrogen and oxygen atoms in total. The number of amides is 2. The Morgan fingerprint density at radius 3 is 2.52 bits per heavy atom. The topological polar surface area (TPSA) is 80.6 Å². The number of nitrogens with zero attached hydrogens (tertiary/aromatic N) is 5. The summed E-state index contributed by atoms with van der Waals surface area (Å²) in [6, 6.07) is 16.8. The number of ether oxygens (including phenoxy) is 1. The van der Waals surface area contributed by atoms with E-state index in [0.717, 1.165) is 11.3 Å². The van der Waals surface area contributed by atoms with E-state index in [9.17, 15) is 9.59 Å². The van der Waals surface area contributed by atoms with Crippen LogP contribution in [0, 0.1) is 0 Å². The summed E-state index contributed by atoms with van der Waals surface area (Å²) in [5.41, 5.74) is 2.33. The minimum absolute atomic E-state index is 0.0370. The first-order valence-electron chi connectivity index (χ1n) is 9.44. The Labute approximate surface area is 168 Å². The molecule has 1 aliphatic rings. The minimum Gasteiger partial charge on any atom is -0.443 e. The van der Waals surface area contributed by atoms with Crippen LogP contribution in [0.15, 0.2) is 67.0 Å². The van der Waals surface area contributed by atoms with Crippen molar-refractivity contribution < 1.29 is 14.3 Å². The molecule has 0 atom stereocenters. The van der Waals surface area contributed by atoms with Gasteiger partial charge in [-0.25, -0.2) is 14.8 Å². The normalized spacial score (nSPS) is 13.5. The van der Waals surface area contributed by atoms with Gasteiger partial charge in [0.1, 0.15) is 18.8 Å². The number of hydrazine groups is 1. The SMILES string of the molecule is O=C(Cn1ccc(-c2ccccn2)n1)N1CCCN1C(=O)OCc1ccccc1. The number of rotatable bonds is 5. The molecule has 0 spiro atoms. The maximum Gasteiger partial charge on any atom is 0.429 e. The van der Waals surface area contributed by atoms with Gasteiger partial charge < -0.3 is 4.74 Å². The summed E-state index contributed by atoms with van der Waals surface area (Å²) in [6.07, 6.45) is 3.62. The highest BCUT2D eigenvalue weighted by molar-refractivity contribution is 5.79. The molecule has 148 valence electrons. The Morgan fingerprint density at radius 1 is 0.931 bits per heavy atom. The summed E-state index contributed by atoms with van der Waals surface area (Å²) < 4.78 is 6.92. The lowest BCUT2D eigenvalue weighted by Crippen LogP contribution is -2.46. The second kappa shape index (κ2) is 8.55. The summed E-state index contributed by atoms with van der Waals surface area (Å²) in [5.74, 6) is -0.213. The van der Waals surface area contributed by atoms with Gasteiger partial charge in [-0.05, 0) is 30.2 Å². The van der Waals surface area contributed by atoms with Crippen molar-refractivity contribution in [3.05, 3.63) is 72.6 Å². The maximum absolute atomic E-state index is 12.7. The van der Waals surface area contributed by atoms with Crippen molar-refractivity contribution in [3.8, 4) is 11.4 Å². The predicted molar refractivity (Wildman–Crippen MR) is 105 cm³/mol. The second-order valence-corrected chi connectivity index (χ2v) is 6.65. The molecule has 0 radical (unpaired) electrons. The summed E-state index contributed by atoms with van der Waals surface area (Å²) >= 11 is 0. The van der Waals surface area contributed by atoms with Gasteiger partial charge in [0, 0.05) is 25.5 Å². The molecule has 1 aromatic carbocycles. The molecular weight excluding hydrogens is 370 g/mol. The van der Waals surface area contributed by atoms with Gasteiger partial charge in [-0.1, -0.05) is 36.4 Å². The van der Waals surface area contributed by atoms with Gasteiger partial charge in [0.2, 0.25) is 0 Å². The number of hydrogen-bond donors (Lipinski definition) is 0. The number of benzene rings is 1. The average molecular weight is 391 g/mol. The van der Waals surface area contributed by atoms with E-state index < -0.39 is 6.09 Å². The Balaban J connectivity index is 1.36. The summed E-state index contributed by atoms with van der Waals surface area (Å²) in [5, 5.41) is 7.22. The lowest BCUT2D eigenvalue weighted by Gasteiger charge is -2.27. The Hall–Kier alpha value is -3.68. The van der Waals surface area contributed by atoms with Gasteiger partial charge in [-0.2, -0.15) is 5.10 Å². The van der Waals surface area contributed by atoms with Crippen LogP contribution in [0.2, 0.25) is 0 Å². The molecule has 1 fully saturated rings. The molecule has 29 heavy (non-hydrogen) atoms. The fourth-order valence-electron chi connectivity index (χ4n) is 3.18. The molecule has 4 rings (SSSR count). The van der Waals surface area contributed by atoms with Crippen LogP contribution >= 0.6 is 0 Å². The fraction of sp³-hybridized carbons (Fsp3) is 0.238.